The summed E-state index contributed by atoms with van der Waals surface area (Å²) < 4.78 is 33.8. The van der Waals surface area contributed by atoms with Crippen molar-refractivity contribution in [2.75, 3.05) is 19.7 Å². The molecule has 31 heavy (non-hydrogen) atoms. The smallest absolute Gasteiger partial charge is 0.307 e. The van der Waals surface area contributed by atoms with Crippen LogP contribution < -0.4 is 0 Å². The normalized spacial score (nSPS) is 20.0. The molecule has 1 aliphatic rings. The van der Waals surface area contributed by atoms with Crippen LogP contribution in [0.3, 0.4) is 0 Å². The molecule has 0 amide bonds. The molecule has 1 fully saturated rings. The number of fused-ring (bicyclic) bond motifs is 1. The van der Waals surface area contributed by atoms with Gasteiger partial charge in [-0.1, -0.05) is 60.7 Å². The zero-order valence-electron chi connectivity index (χ0n) is 17.1. The number of hydrogen-bond acceptors (Lipinski definition) is 4. The summed E-state index contributed by atoms with van der Waals surface area (Å²) in [6.07, 6.45) is 0.397. The number of ether oxygens (including phenoxy) is 1. The van der Waals surface area contributed by atoms with Crippen LogP contribution in [0.1, 0.15) is 12.0 Å². The average molecular weight is 440 g/mol. The first kappa shape index (κ1) is 21.5. The van der Waals surface area contributed by atoms with Crippen LogP contribution in [0.15, 0.2) is 77.7 Å². The van der Waals surface area contributed by atoms with Gasteiger partial charge in [-0.25, -0.2) is 8.42 Å². The van der Waals surface area contributed by atoms with E-state index in [-0.39, 0.29) is 23.9 Å². The van der Waals surface area contributed by atoms with Gasteiger partial charge in [-0.3, -0.25) is 4.79 Å². The highest BCUT2D eigenvalue weighted by Gasteiger charge is 2.37. The van der Waals surface area contributed by atoms with Crippen LogP contribution in [0.5, 0.6) is 0 Å². The molecular weight excluding hydrogens is 414 g/mol. The number of carbonyl (C=O) groups is 1. The fourth-order valence-electron chi connectivity index (χ4n) is 4.05. The van der Waals surface area contributed by atoms with Gasteiger partial charge in [-0.05, 0) is 40.8 Å². The molecule has 4 rings (SSSR count). The van der Waals surface area contributed by atoms with E-state index in [0.29, 0.717) is 19.6 Å². The minimum absolute atomic E-state index is 0.0281. The van der Waals surface area contributed by atoms with Crippen molar-refractivity contribution in [2.24, 2.45) is 11.8 Å². The second-order valence-corrected chi connectivity index (χ2v) is 9.91. The molecule has 3 aromatic rings. The molecule has 162 valence electrons. The Morgan fingerprint density at radius 1 is 0.968 bits per heavy atom. The maximum absolute atomic E-state index is 13.3. The van der Waals surface area contributed by atoms with Crippen LogP contribution in [-0.2, 0) is 26.2 Å². The summed E-state index contributed by atoms with van der Waals surface area (Å²) in [5, 5.41) is 11.4. The van der Waals surface area contributed by atoms with E-state index in [1.165, 1.54) is 4.31 Å². The van der Waals surface area contributed by atoms with Crippen molar-refractivity contribution in [3.05, 3.63) is 78.4 Å². The topological polar surface area (TPSA) is 83.9 Å². The Kier molecular flexibility index (Phi) is 6.36. The van der Waals surface area contributed by atoms with Crippen LogP contribution in [0, 0.1) is 11.8 Å². The van der Waals surface area contributed by atoms with Crippen molar-refractivity contribution in [1.82, 2.24) is 4.31 Å². The fraction of sp³-hybridized carbons (Fsp3) is 0.292. The highest BCUT2D eigenvalue weighted by Crippen LogP contribution is 2.29. The van der Waals surface area contributed by atoms with Crippen molar-refractivity contribution >= 4 is 26.8 Å². The zero-order valence-corrected chi connectivity index (χ0v) is 17.9. The maximum Gasteiger partial charge on any atom is 0.307 e. The van der Waals surface area contributed by atoms with Crippen molar-refractivity contribution in [1.29, 1.82) is 0 Å². The lowest BCUT2D eigenvalue weighted by Gasteiger charge is -2.35. The Morgan fingerprint density at radius 2 is 1.68 bits per heavy atom. The quantitative estimate of drug-likeness (QED) is 0.606. The van der Waals surface area contributed by atoms with Gasteiger partial charge in [0.05, 0.1) is 24.0 Å². The Balaban J connectivity index is 1.51. The molecular formula is C24H25NO5S. The third-order valence-electron chi connectivity index (χ3n) is 5.68. The maximum atomic E-state index is 13.3. The minimum atomic E-state index is -3.82. The molecule has 6 nitrogen and oxygen atoms in total. The van der Waals surface area contributed by atoms with E-state index in [4.69, 9.17) is 4.74 Å². The van der Waals surface area contributed by atoms with Gasteiger partial charge in [0.15, 0.2) is 0 Å². The Labute approximate surface area is 182 Å². The number of hydrogen-bond donors (Lipinski definition) is 1. The first-order valence-electron chi connectivity index (χ1n) is 10.3. The molecule has 2 unspecified atom stereocenters. The second-order valence-electron chi connectivity index (χ2n) is 7.97. The van der Waals surface area contributed by atoms with Crippen LogP contribution in [-0.4, -0.2) is 43.5 Å². The van der Waals surface area contributed by atoms with E-state index in [0.717, 1.165) is 16.3 Å². The lowest BCUT2D eigenvalue weighted by Crippen LogP contribution is -2.47. The standard InChI is InChI=1S/C24H25NO5S/c26-24(27)22-12-19(17-30-16-18-6-2-1-3-7-18)14-25(15-22)31(28,29)23-11-10-20-8-4-5-9-21(20)13-23/h1-11,13,19,22H,12,14-17H2,(H,26,27). The van der Waals surface area contributed by atoms with E-state index < -0.39 is 21.9 Å². The Morgan fingerprint density at radius 3 is 2.42 bits per heavy atom. The third-order valence-corrected chi connectivity index (χ3v) is 7.50. The highest BCUT2D eigenvalue weighted by atomic mass is 32.2. The number of piperidine rings is 1. The van der Waals surface area contributed by atoms with Crippen molar-refractivity contribution < 1.29 is 23.1 Å². The summed E-state index contributed by atoms with van der Waals surface area (Å²) in [5.41, 5.74) is 1.02. The van der Waals surface area contributed by atoms with E-state index in [1.54, 1.807) is 18.2 Å². The predicted molar refractivity (Wildman–Crippen MR) is 118 cm³/mol. The van der Waals surface area contributed by atoms with Gasteiger partial charge in [0, 0.05) is 13.1 Å². The molecule has 0 bridgehead atoms. The highest BCUT2D eigenvalue weighted by molar-refractivity contribution is 7.89. The number of aliphatic carboxylic acids is 1. The number of sulfonamides is 1. The van der Waals surface area contributed by atoms with Crippen molar-refractivity contribution in [3.63, 3.8) is 0 Å². The van der Waals surface area contributed by atoms with Gasteiger partial charge in [-0.2, -0.15) is 4.31 Å². The SMILES string of the molecule is O=C(O)C1CC(COCc2ccccc2)CN(S(=O)(=O)c2ccc3ccccc3c2)C1. The molecule has 0 aromatic heterocycles. The summed E-state index contributed by atoms with van der Waals surface area (Å²) in [6.45, 7) is 0.933. The molecule has 0 aliphatic carbocycles. The van der Waals surface area contributed by atoms with Gasteiger partial charge < -0.3 is 9.84 Å². The summed E-state index contributed by atoms with van der Waals surface area (Å²) in [6, 6.07) is 22.3. The van der Waals surface area contributed by atoms with Gasteiger partial charge in [0.1, 0.15) is 0 Å². The molecule has 1 saturated heterocycles. The molecule has 1 aliphatic heterocycles. The molecule has 0 spiro atoms. The molecule has 2 atom stereocenters. The fourth-order valence-corrected chi connectivity index (χ4v) is 5.65. The molecule has 3 aromatic carbocycles. The first-order chi connectivity index (χ1) is 14.9. The predicted octanol–water partition coefficient (Wildman–Crippen LogP) is 3.77. The van der Waals surface area contributed by atoms with Crippen LogP contribution in [0.2, 0.25) is 0 Å². The van der Waals surface area contributed by atoms with Crippen molar-refractivity contribution in [3.8, 4) is 0 Å². The summed E-state index contributed by atoms with van der Waals surface area (Å²) in [5.74, 6) is -1.92. The molecule has 1 N–H and O–H groups in total. The minimum Gasteiger partial charge on any atom is -0.481 e. The summed E-state index contributed by atoms with van der Waals surface area (Å²) in [7, 11) is -3.82. The van der Waals surface area contributed by atoms with Crippen molar-refractivity contribution in [2.45, 2.75) is 17.9 Å². The summed E-state index contributed by atoms with van der Waals surface area (Å²) in [4.78, 5) is 11.9. The lowest BCUT2D eigenvalue weighted by atomic mass is 9.91. The van der Waals surface area contributed by atoms with Crippen LogP contribution >= 0.6 is 0 Å². The molecule has 0 saturated carbocycles. The first-order valence-corrected chi connectivity index (χ1v) is 11.7. The zero-order chi connectivity index (χ0) is 21.8. The summed E-state index contributed by atoms with van der Waals surface area (Å²) >= 11 is 0. The Bertz CT molecular complexity index is 1160. The third kappa shape index (κ3) is 4.95. The van der Waals surface area contributed by atoms with Crippen LogP contribution in [0.4, 0.5) is 0 Å². The van der Waals surface area contributed by atoms with Gasteiger partial charge in [-0.15, -0.1) is 0 Å². The van der Waals surface area contributed by atoms with E-state index >= 15 is 0 Å². The number of benzene rings is 3. The van der Waals surface area contributed by atoms with E-state index in [9.17, 15) is 18.3 Å². The van der Waals surface area contributed by atoms with Crippen LogP contribution in [0.25, 0.3) is 10.8 Å². The monoisotopic (exact) mass is 439 g/mol. The molecule has 0 radical (unpaired) electrons. The van der Waals surface area contributed by atoms with Gasteiger partial charge in [0.25, 0.3) is 0 Å². The number of rotatable bonds is 7. The van der Waals surface area contributed by atoms with E-state index in [2.05, 4.69) is 0 Å². The Hall–Kier alpha value is -2.74. The van der Waals surface area contributed by atoms with Gasteiger partial charge >= 0.3 is 5.97 Å². The van der Waals surface area contributed by atoms with E-state index in [1.807, 2.05) is 54.6 Å². The molecule has 7 heteroatoms. The average Bonchev–Trinajstić information content (AvgIpc) is 2.79. The number of carboxylic acid groups (broad SMARTS) is 1. The van der Waals surface area contributed by atoms with Gasteiger partial charge in [0.2, 0.25) is 10.0 Å². The number of carboxylic acids is 1. The molecule has 1 heterocycles. The number of nitrogens with zero attached hydrogens (tertiary/aromatic N) is 1. The lowest BCUT2D eigenvalue weighted by molar-refractivity contribution is -0.144. The largest absolute Gasteiger partial charge is 0.481 e. The second kappa shape index (κ2) is 9.18.